The molecule has 0 aromatic heterocycles. The van der Waals surface area contributed by atoms with Gasteiger partial charge in [0.2, 0.25) is 0 Å². The Morgan fingerprint density at radius 1 is 0.579 bits per heavy atom. The number of carbonyl (C=O) groups excluding carboxylic acids is 2. The molecule has 0 spiro atoms. The van der Waals surface area contributed by atoms with Gasteiger partial charge in [-0.3, -0.25) is 14.1 Å². The van der Waals surface area contributed by atoms with Crippen LogP contribution in [0.3, 0.4) is 0 Å². The van der Waals surface area contributed by atoms with Gasteiger partial charge in [-0.25, -0.2) is 0 Å². The summed E-state index contributed by atoms with van der Waals surface area (Å²) in [5.74, 6) is -1.91. The normalized spacial score (nSPS) is 11.8. The van der Waals surface area contributed by atoms with Crippen LogP contribution in [-0.2, 0) is 29.2 Å². The van der Waals surface area contributed by atoms with E-state index in [1.54, 1.807) is 0 Å². The summed E-state index contributed by atoms with van der Waals surface area (Å²) in [6, 6.07) is 0. The van der Waals surface area contributed by atoms with Crippen molar-refractivity contribution in [2.75, 3.05) is 13.2 Å². The molecule has 0 bridgehead atoms. The van der Waals surface area contributed by atoms with Gasteiger partial charge in [0.05, 0.1) is 19.6 Å². The summed E-state index contributed by atoms with van der Waals surface area (Å²) in [7, 11) is -4.75. The van der Waals surface area contributed by atoms with Crippen molar-refractivity contribution in [1.82, 2.24) is 0 Å². The summed E-state index contributed by atoms with van der Waals surface area (Å²) in [4.78, 5) is 24.2. The molecule has 0 aliphatic heterocycles. The molecule has 0 amide bonds. The number of hydrogen-bond donors (Lipinski definition) is 1. The Bertz CT molecular complexity index is 645. The van der Waals surface area contributed by atoms with Crippen LogP contribution in [0.25, 0.3) is 0 Å². The van der Waals surface area contributed by atoms with Crippen LogP contribution in [0, 0.1) is 0 Å². The molecule has 0 fully saturated rings. The molecule has 0 saturated carbocycles. The van der Waals surface area contributed by atoms with Crippen LogP contribution in [-0.4, -0.2) is 146 Å². The fourth-order valence-electron chi connectivity index (χ4n) is 4.15. The third kappa shape index (κ3) is 29.6. The van der Waals surface area contributed by atoms with E-state index >= 15 is 0 Å². The van der Waals surface area contributed by atoms with Crippen molar-refractivity contribution in [2.24, 2.45) is 0 Å². The molecule has 0 aliphatic carbocycles. The first kappa shape index (κ1) is 44.6. The molecule has 1 unspecified atom stereocenters. The number of ether oxygens (including phenoxy) is 2. The van der Waals surface area contributed by atoms with Crippen LogP contribution in [0.2, 0.25) is 0 Å². The summed E-state index contributed by atoms with van der Waals surface area (Å²) < 4.78 is 42.7. The molecule has 10 heteroatoms. The molecule has 0 saturated heterocycles. The first-order chi connectivity index (χ1) is 17.3. The molecule has 218 valence electrons. The molecule has 0 heterocycles. The molecule has 1 N–H and O–H groups in total. The van der Waals surface area contributed by atoms with E-state index in [0.29, 0.717) is 12.8 Å². The Labute approximate surface area is 319 Å². The molecule has 0 radical (unpaired) electrons. The minimum atomic E-state index is -4.75. The molecule has 0 aromatic rings. The topological polar surface area (TPSA) is 107 Å². The maximum absolute atomic E-state index is 12.2. The fourth-order valence-corrected chi connectivity index (χ4v) is 4.81. The first-order valence-corrected chi connectivity index (χ1v) is 16.1. The number of unbranched alkanes of at least 4 members (excludes halogenated alkanes) is 18. The second-order valence-electron chi connectivity index (χ2n) is 9.96. The Balaban J connectivity index is -0.00000612. The molecule has 1 atom stereocenters. The second kappa shape index (κ2) is 32.0. The summed E-state index contributed by atoms with van der Waals surface area (Å²) in [5.41, 5.74) is 0. The van der Waals surface area contributed by atoms with Crippen molar-refractivity contribution >= 4 is 125 Å². The van der Waals surface area contributed by atoms with E-state index in [2.05, 4.69) is 13.8 Å². The molecular formula is C28H56K2O7S. The van der Waals surface area contributed by atoms with Gasteiger partial charge in [0.1, 0.15) is 0 Å². The Hall–Kier alpha value is 2.12. The third-order valence-corrected chi connectivity index (χ3v) is 7.56. The zero-order valence-electron chi connectivity index (χ0n) is 23.1. The van der Waals surface area contributed by atoms with Crippen LogP contribution in [0.15, 0.2) is 0 Å². The van der Waals surface area contributed by atoms with E-state index in [-0.39, 0.29) is 116 Å². The average Bonchev–Trinajstić information content (AvgIpc) is 2.83. The van der Waals surface area contributed by atoms with Gasteiger partial charge < -0.3 is 9.47 Å². The maximum atomic E-state index is 12.2. The molecule has 7 nitrogen and oxygen atoms in total. The van der Waals surface area contributed by atoms with Crippen LogP contribution in [0.1, 0.15) is 149 Å². The Morgan fingerprint density at radius 2 is 0.895 bits per heavy atom. The Morgan fingerprint density at radius 3 is 1.24 bits per heavy atom. The van der Waals surface area contributed by atoms with Crippen LogP contribution in [0.4, 0.5) is 0 Å². The summed E-state index contributed by atoms with van der Waals surface area (Å²) in [5, 5.41) is -1.93. The Kier molecular flexibility index (Phi) is 37.6. The van der Waals surface area contributed by atoms with Crippen molar-refractivity contribution in [1.29, 1.82) is 0 Å². The SMILES string of the molecule is CCCCCCCCCCCCOC(=O)CC(C(=O)OCCCCCCCCCCCC)S(=O)(=O)O.[KH].[KH]. The number of esters is 2. The van der Waals surface area contributed by atoms with Gasteiger partial charge in [-0.1, -0.05) is 129 Å². The van der Waals surface area contributed by atoms with E-state index in [4.69, 9.17) is 9.47 Å². The standard InChI is InChI=1S/C28H54O7S.2K.2H/c1-3-5-7-9-11-13-15-17-19-21-23-34-27(29)25-26(36(31,32)33)28(30)35-24-22-20-18-16-14-12-10-8-6-4-2;;;;/h26H,3-25H2,1-2H3,(H,31,32,33);;;;. The summed E-state index contributed by atoms with van der Waals surface area (Å²) in [6.45, 7) is 4.67. The average molecular weight is 615 g/mol. The van der Waals surface area contributed by atoms with Crippen molar-refractivity contribution in [3.05, 3.63) is 0 Å². The van der Waals surface area contributed by atoms with Gasteiger partial charge in [-0.05, 0) is 12.8 Å². The van der Waals surface area contributed by atoms with Crippen molar-refractivity contribution in [3.63, 3.8) is 0 Å². The van der Waals surface area contributed by atoms with Gasteiger partial charge in [-0.2, -0.15) is 8.42 Å². The van der Waals surface area contributed by atoms with Crippen molar-refractivity contribution < 1.29 is 32.0 Å². The van der Waals surface area contributed by atoms with Gasteiger partial charge in [0.15, 0.2) is 5.25 Å². The molecule has 38 heavy (non-hydrogen) atoms. The number of hydrogen-bond acceptors (Lipinski definition) is 6. The van der Waals surface area contributed by atoms with E-state index in [9.17, 15) is 22.6 Å². The second-order valence-corrected chi connectivity index (χ2v) is 11.6. The zero-order valence-corrected chi connectivity index (χ0v) is 24.0. The van der Waals surface area contributed by atoms with Crippen LogP contribution in [0.5, 0.6) is 0 Å². The van der Waals surface area contributed by atoms with E-state index in [0.717, 1.165) is 38.5 Å². The van der Waals surface area contributed by atoms with E-state index < -0.39 is 33.7 Å². The van der Waals surface area contributed by atoms with E-state index in [1.807, 2.05) is 0 Å². The van der Waals surface area contributed by atoms with Gasteiger partial charge >= 0.3 is 115 Å². The summed E-state index contributed by atoms with van der Waals surface area (Å²) in [6.07, 6.45) is 22.1. The third-order valence-electron chi connectivity index (χ3n) is 6.48. The van der Waals surface area contributed by atoms with Crippen LogP contribution < -0.4 is 0 Å². The number of carbonyl (C=O) groups is 2. The first-order valence-electron chi connectivity index (χ1n) is 14.6. The van der Waals surface area contributed by atoms with Gasteiger partial charge in [0.25, 0.3) is 10.1 Å². The molecular weight excluding hydrogens is 559 g/mol. The number of rotatable bonds is 26. The fraction of sp³-hybridized carbons (Fsp3) is 0.929. The van der Waals surface area contributed by atoms with Crippen molar-refractivity contribution in [3.8, 4) is 0 Å². The van der Waals surface area contributed by atoms with Gasteiger partial charge in [0, 0.05) is 0 Å². The quantitative estimate of drug-likeness (QED) is 0.0530. The molecule has 0 aromatic carbocycles. The molecule has 0 aliphatic rings. The van der Waals surface area contributed by atoms with Crippen molar-refractivity contribution in [2.45, 2.75) is 154 Å². The van der Waals surface area contributed by atoms with E-state index in [1.165, 1.54) is 77.0 Å². The minimum absolute atomic E-state index is 0. The zero-order chi connectivity index (χ0) is 26.9. The van der Waals surface area contributed by atoms with Gasteiger partial charge in [-0.15, -0.1) is 0 Å². The van der Waals surface area contributed by atoms with Crippen LogP contribution >= 0.6 is 0 Å². The summed E-state index contributed by atoms with van der Waals surface area (Å²) >= 11 is 0. The predicted octanol–water partition coefficient (Wildman–Crippen LogP) is 6.26. The monoisotopic (exact) mass is 614 g/mol. The predicted molar refractivity (Wildman–Crippen MR) is 160 cm³/mol. The molecule has 0 rings (SSSR count).